The molecule has 0 aromatic heterocycles. The molecule has 6 aliphatic heterocycles. The molecule has 452 valence electrons. The van der Waals surface area contributed by atoms with Crippen molar-refractivity contribution in [2.24, 2.45) is 0 Å². The van der Waals surface area contributed by atoms with Crippen LogP contribution in [-0.2, 0) is 9.47 Å². The summed E-state index contributed by atoms with van der Waals surface area (Å²) >= 11 is 0. The quantitative estimate of drug-likeness (QED) is 0.0373. The summed E-state index contributed by atoms with van der Waals surface area (Å²) in [4.78, 5) is 65.9. The predicted molar refractivity (Wildman–Crippen MR) is 335 cm³/mol. The van der Waals surface area contributed by atoms with Gasteiger partial charge in [-0.05, 0) is 99.5 Å². The Hall–Kier alpha value is -9.12. The summed E-state index contributed by atoms with van der Waals surface area (Å²) in [6.07, 6.45) is 8.78. The Bertz CT molecular complexity index is 3660. The molecule has 16 heteroatoms. The van der Waals surface area contributed by atoms with Crippen molar-refractivity contribution in [3.8, 4) is 69.0 Å². The van der Waals surface area contributed by atoms with Crippen LogP contribution in [0.1, 0.15) is 133 Å². The minimum Gasteiger partial charge on any atom is -0.491 e. The lowest BCUT2D eigenvalue weighted by atomic mass is 9.80. The molecule has 0 radical (unpaired) electrons. The van der Waals surface area contributed by atoms with Gasteiger partial charge >= 0.3 is 0 Å². The zero-order chi connectivity index (χ0) is 60.4. The third-order valence-corrected chi connectivity index (χ3v) is 16.9. The Kier molecular flexibility index (Phi) is 16.7. The second-order valence-corrected chi connectivity index (χ2v) is 23.0. The summed E-state index contributed by atoms with van der Waals surface area (Å²) in [6.45, 7) is 10.1. The molecule has 0 spiro atoms. The fourth-order valence-electron chi connectivity index (χ4n) is 12.8. The summed E-state index contributed by atoms with van der Waals surface area (Å²) in [6, 6.07) is 34.6. The van der Waals surface area contributed by atoms with E-state index in [-0.39, 0.29) is 98.1 Å². The molecule has 4 amide bonds. The minimum atomic E-state index is -0.497. The van der Waals surface area contributed by atoms with E-state index in [1.807, 2.05) is 62.4 Å². The van der Waals surface area contributed by atoms with E-state index in [9.17, 15) is 0 Å². The van der Waals surface area contributed by atoms with E-state index in [1.54, 1.807) is 72.8 Å². The highest BCUT2D eigenvalue weighted by atomic mass is 16.6. The first-order valence-corrected chi connectivity index (χ1v) is 31.0. The number of carbonyl (C=O) groups excluding carboxylic acids is 4. The summed E-state index contributed by atoms with van der Waals surface area (Å²) in [5.41, 5.74) is 0.853. The lowest BCUT2D eigenvalue weighted by Crippen LogP contribution is -2.46. The fraction of sp³-hybridized carbons (Fsp3) is 0.333. The van der Waals surface area contributed by atoms with Crippen LogP contribution in [0.3, 0.4) is 0 Å². The number of imide groups is 2. The van der Waals surface area contributed by atoms with Gasteiger partial charge in [-0.25, -0.2) is 0 Å². The van der Waals surface area contributed by atoms with Crippen molar-refractivity contribution < 1.29 is 66.5 Å². The van der Waals surface area contributed by atoms with E-state index < -0.39 is 35.7 Å². The second kappa shape index (κ2) is 25.3. The monoisotopic (exact) mass is 1190 g/mol. The predicted octanol–water partition coefficient (Wildman–Crippen LogP) is 16.4. The number of fused-ring (bicyclic) bond motifs is 12. The van der Waals surface area contributed by atoms with Crippen LogP contribution in [0.2, 0.25) is 0 Å². The van der Waals surface area contributed by atoms with Crippen molar-refractivity contribution in [2.45, 2.75) is 104 Å². The molecule has 2 atom stereocenters. The van der Waals surface area contributed by atoms with Crippen LogP contribution >= 0.6 is 0 Å². The lowest BCUT2D eigenvalue weighted by molar-refractivity contribution is 0.0526. The third kappa shape index (κ3) is 11.2. The number of hydrogen-bond donors (Lipinski definition) is 0. The minimum absolute atomic E-state index is 0.196. The van der Waals surface area contributed by atoms with Crippen LogP contribution in [0, 0.1) is 0 Å². The van der Waals surface area contributed by atoms with Gasteiger partial charge in [-0.3, -0.25) is 29.0 Å². The first-order chi connectivity index (χ1) is 43.1. The van der Waals surface area contributed by atoms with Gasteiger partial charge in [0, 0.05) is 79.4 Å². The van der Waals surface area contributed by atoms with Crippen LogP contribution in [-0.4, -0.2) is 98.4 Å². The van der Waals surface area contributed by atoms with E-state index in [4.69, 9.17) is 47.4 Å². The molecule has 0 saturated carbocycles. The van der Waals surface area contributed by atoms with Gasteiger partial charge in [0.2, 0.25) is 0 Å². The fourth-order valence-corrected chi connectivity index (χ4v) is 12.8. The molecule has 6 heterocycles. The number of rotatable bonds is 12. The van der Waals surface area contributed by atoms with Crippen molar-refractivity contribution in [3.05, 3.63) is 144 Å². The van der Waals surface area contributed by atoms with Crippen LogP contribution in [0.25, 0.3) is 43.1 Å². The average molecular weight is 1190 g/mol. The van der Waals surface area contributed by atoms with E-state index in [0.717, 1.165) is 51.4 Å². The summed E-state index contributed by atoms with van der Waals surface area (Å²) in [7, 11) is 0. The highest BCUT2D eigenvalue weighted by molar-refractivity contribution is 6.45. The van der Waals surface area contributed by atoms with Crippen LogP contribution in [0.4, 0.5) is 0 Å². The molecule has 15 rings (SSSR count). The van der Waals surface area contributed by atoms with Crippen LogP contribution in [0.15, 0.2) is 121 Å². The highest BCUT2D eigenvalue weighted by Crippen LogP contribution is 2.58. The van der Waals surface area contributed by atoms with Gasteiger partial charge in [-0.1, -0.05) is 89.5 Å². The molecule has 18 bridgehead atoms. The van der Waals surface area contributed by atoms with Crippen molar-refractivity contribution >= 4 is 66.7 Å². The van der Waals surface area contributed by atoms with Gasteiger partial charge in [0.05, 0.1) is 48.7 Å². The summed E-state index contributed by atoms with van der Waals surface area (Å²) in [5, 5.41) is 3.04. The number of benzene rings is 9. The van der Waals surface area contributed by atoms with Gasteiger partial charge in [0.15, 0.2) is 0 Å². The number of ether oxygens (including phenoxy) is 10. The van der Waals surface area contributed by atoms with E-state index in [2.05, 4.69) is 13.8 Å². The molecule has 0 N–H and O–H groups in total. The first-order valence-electron chi connectivity index (χ1n) is 31.0. The van der Waals surface area contributed by atoms with E-state index in [1.165, 1.54) is 9.80 Å². The molecule has 9 aromatic carbocycles. The van der Waals surface area contributed by atoms with Crippen molar-refractivity contribution in [3.63, 3.8) is 0 Å². The normalized spacial score (nSPS) is 16.2. The standard InChI is InChI=1S/C72H70N2O14/c1-5-7-9-11-17-43(3)73-69(75)53-39-57-63-65-59-41-55-62-56(72(78)74(71(55)77)44(4)18-12-10-8-6-2)42-60(88-52-26-16-21-47(38-52)83-33-29-79-27-31-81-45-19-13-23-49(35-45)85-57)66(68(62)65)64-58(40-54(70(73)76)61(53)67(63)64)86-50-24-14-20-46(36-50)82-32-28-80-30-34-84-48-22-15-25-51(37-48)87-59/h13-16,19-26,35-44H,5-12,17-18,27-34H2,1-4H3. The zero-order valence-corrected chi connectivity index (χ0v) is 50.0. The molecule has 0 saturated heterocycles. The number of nitrogens with zero attached hydrogens (tertiary/aromatic N) is 2. The third-order valence-electron chi connectivity index (χ3n) is 16.9. The Labute approximate surface area is 510 Å². The molecule has 16 nitrogen and oxygen atoms in total. The molecule has 2 unspecified atom stereocenters. The summed E-state index contributed by atoms with van der Waals surface area (Å²) in [5.74, 6) is 2.17. The SMILES string of the molecule is CCCCCCC(C)N1C(=O)c2cc3c4c5c6cc7c8c(cc(c(c9c(cc(c2c49)C1=O)Oc1cccc(c1)OCCOCCOc1cccc(c1)O6)c85)Oc1cccc(c1)OCCOCCOc1cccc(c1)O3)C(=O)N(C(C)CCCCCC)C7=O. The van der Waals surface area contributed by atoms with Gasteiger partial charge < -0.3 is 47.4 Å². The van der Waals surface area contributed by atoms with Crippen molar-refractivity contribution in [2.75, 3.05) is 52.9 Å². The lowest BCUT2D eigenvalue weighted by Gasteiger charge is -2.35. The first kappa shape index (κ1) is 57.9. The maximum atomic E-state index is 15.8. The molecule has 6 aliphatic rings. The molecule has 9 aromatic rings. The number of amides is 4. The number of carbonyl (C=O) groups is 4. The largest absolute Gasteiger partial charge is 0.491 e. The average Bonchev–Trinajstić information content (AvgIpc) is 0.695. The molecule has 88 heavy (non-hydrogen) atoms. The van der Waals surface area contributed by atoms with Crippen LogP contribution < -0.4 is 37.9 Å². The number of hydrogen-bond acceptors (Lipinski definition) is 14. The van der Waals surface area contributed by atoms with E-state index in [0.29, 0.717) is 102 Å². The maximum Gasteiger partial charge on any atom is 0.261 e. The Morgan fingerprint density at radius 3 is 0.875 bits per heavy atom. The molecule has 0 fully saturated rings. The zero-order valence-electron chi connectivity index (χ0n) is 50.0. The summed E-state index contributed by atoms with van der Waals surface area (Å²) < 4.78 is 65.9. The highest BCUT2D eigenvalue weighted by Gasteiger charge is 2.43. The van der Waals surface area contributed by atoms with Gasteiger partial charge in [0.1, 0.15) is 95.4 Å². The smallest absolute Gasteiger partial charge is 0.261 e. The van der Waals surface area contributed by atoms with Gasteiger partial charge in [0.25, 0.3) is 23.6 Å². The van der Waals surface area contributed by atoms with Crippen molar-refractivity contribution in [1.29, 1.82) is 0 Å². The second-order valence-electron chi connectivity index (χ2n) is 23.0. The maximum absolute atomic E-state index is 15.8. The number of unbranched alkanes of at least 4 members (excludes halogenated alkanes) is 6. The molecular formula is C72H70N2O14. The molecule has 0 aliphatic carbocycles. The van der Waals surface area contributed by atoms with Crippen LogP contribution in [0.5, 0.6) is 69.0 Å². The Morgan fingerprint density at radius 1 is 0.330 bits per heavy atom. The topological polar surface area (TPSA) is 167 Å². The Balaban J connectivity index is 1.20. The molecular weight excluding hydrogens is 1120 g/mol. The van der Waals surface area contributed by atoms with Gasteiger partial charge in [-0.2, -0.15) is 0 Å². The van der Waals surface area contributed by atoms with Gasteiger partial charge in [-0.15, -0.1) is 0 Å². The van der Waals surface area contributed by atoms with Crippen molar-refractivity contribution in [1.82, 2.24) is 9.80 Å². The van der Waals surface area contributed by atoms with E-state index >= 15 is 19.2 Å². The Morgan fingerprint density at radius 2 is 0.602 bits per heavy atom.